The van der Waals surface area contributed by atoms with Crippen molar-refractivity contribution >= 4 is 16.8 Å². The number of aryl methyl sites for hydroxylation is 2. The minimum atomic E-state index is 0.000373. The van der Waals surface area contributed by atoms with Gasteiger partial charge in [-0.15, -0.1) is 0 Å². The number of hydrogen-bond donors (Lipinski definition) is 2. The number of carbonyl (C=O) groups is 1. The van der Waals surface area contributed by atoms with Crippen molar-refractivity contribution < 1.29 is 4.79 Å². The van der Waals surface area contributed by atoms with Gasteiger partial charge >= 0.3 is 0 Å². The summed E-state index contributed by atoms with van der Waals surface area (Å²) in [7, 11) is 2.12. The summed E-state index contributed by atoms with van der Waals surface area (Å²) in [5, 5.41) is 4.33. The molecule has 1 aromatic carbocycles. The van der Waals surface area contributed by atoms with Crippen LogP contribution in [0, 0.1) is 13.8 Å². The van der Waals surface area contributed by atoms with E-state index in [-0.39, 0.29) is 11.9 Å². The zero-order chi connectivity index (χ0) is 15.9. The van der Waals surface area contributed by atoms with Crippen molar-refractivity contribution in [1.82, 2.24) is 15.2 Å². The quantitative estimate of drug-likeness (QED) is 0.895. The number of aromatic amines is 1. The van der Waals surface area contributed by atoms with Crippen molar-refractivity contribution in [3.8, 4) is 0 Å². The topological polar surface area (TPSA) is 48.1 Å². The average Bonchev–Trinajstić information content (AvgIpc) is 2.88. The molecule has 1 aromatic heterocycles. The number of hydrogen-bond acceptors (Lipinski definition) is 2. The molecule has 1 fully saturated rings. The Bertz CT molecular complexity index is 704. The third kappa shape index (κ3) is 2.75. The maximum Gasteiger partial charge on any atom is 0.268 e. The number of H-pyrrole nitrogens is 1. The van der Waals surface area contributed by atoms with Crippen LogP contribution in [-0.4, -0.2) is 41.5 Å². The van der Waals surface area contributed by atoms with Gasteiger partial charge in [-0.25, -0.2) is 0 Å². The van der Waals surface area contributed by atoms with Crippen molar-refractivity contribution in [3.05, 3.63) is 35.0 Å². The second-order valence-corrected chi connectivity index (χ2v) is 6.67. The van der Waals surface area contributed by atoms with Crippen LogP contribution in [0.4, 0.5) is 0 Å². The van der Waals surface area contributed by atoms with E-state index in [2.05, 4.69) is 55.2 Å². The number of amides is 1. The van der Waals surface area contributed by atoms with Crippen LogP contribution in [0.25, 0.3) is 10.9 Å². The smallest absolute Gasteiger partial charge is 0.268 e. The molecule has 1 saturated heterocycles. The van der Waals surface area contributed by atoms with E-state index in [9.17, 15) is 4.79 Å². The van der Waals surface area contributed by atoms with Gasteiger partial charge in [0.05, 0.1) is 0 Å². The molecule has 3 rings (SSSR count). The molecule has 2 N–H and O–H groups in total. The van der Waals surface area contributed by atoms with Crippen LogP contribution >= 0.6 is 0 Å². The predicted octanol–water partition coefficient (Wildman–Crippen LogP) is 3.00. The number of nitrogens with zero attached hydrogens (tertiary/aromatic N) is 1. The van der Waals surface area contributed by atoms with Crippen LogP contribution in [0.3, 0.4) is 0 Å². The van der Waals surface area contributed by atoms with Crippen LogP contribution in [0.1, 0.15) is 41.4 Å². The summed E-state index contributed by atoms with van der Waals surface area (Å²) in [6, 6.07) is 6.81. The SMILES string of the molecule is Cc1cc(C)c2cc(C(=O)NC3CCCN(C)C3C)[nH]c2c1. The molecule has 0 radical (unpaired) electrons. The van der Waals surface area contributed by atoms with Crippen molar-refractivity contribution in [2.75, 3.05) is 13.6 Å². The highest BCUT2D eigenvalue weighted by Gasteiger charge is 2.27. The Balaban J connectivity index is 1.82. The molecule has 4 nitrogen and oxygen atoms in total. The van der Waals surface area contributed by atoms with Gasteiger partial charge in [-0.05, 0) is 70.5 Å². The summed E-state index contributed by atoms with van der Waals surface area (Å²) in [6.45, 7) is 7.46. The van der Waals surface area contributed by atoms with Gasteiger partial charge in [-0.1, -0.05) is 6.07 Å². The number of likely N-dealkylation sites (tertiary alicyclic amines) is 1. The van der Waals surface area contributed by atoms with Crippen molar-refractivity contribution in [1.29, 1.82) is 0 Å². The van der Waals surface area contributed by atoms with Gasteiger partial charge in [-0.2, -0.15) is 0 Å². The molecule has 118 valence electrons. The zero-order valence-electron chi connectivity index (χ0n) is 13.9. The Labute approximate surface area is 131 Å². The van der Waals surface area contributed by atoms with Gasteiger partial charge in [0, 0.05) is 23.0 Å². The summed E-state index contributed by atoms with van der Waals surface area (Å²) >= 11 is 0. The molecule has 0 bridgehead atoms. The predicted molar refractivity (Wildman–Crippen MR) is 90.4 cm³/mol. The number of rotatable bonds is 2. The fourth-order valence-corrected chi connectivity index (χ4v) is 3.47. The number of benzene rings is 1. The summed E-state index contributed by atoms with van der Waals surface area (Å²) in [5.74, 6) is 0.000373. The van der Waals surface area contributed by atoms with Crippen LogP contribution in [0.2, 0.25) is 0 Å². The highest BCUT2D eigenvalue weighted by Crippen LogP contribution is 2.22. The summed E-state index contributed by atoms with van der Waals surface area (Å²) in [6.07, 6.45) is 2.19. The van der Waals surface area contributed by atoms with Crippen LogP contribution < -0.4 is 5.32 Å². The minimum Gasteiger partial charge on any atom is -0.351 e. The molecule has 22 heavy (non-hydrogen) atoms. The van der Waals surface area contributed by atoms with Crippen molar-refractivity contribution in [3.63, 3.8) is 0 Å². The largest absolute Gasteiger partial charge is 0.351 e. The van der Waals surface area contributed by atoms with Gasteiger partial charge in [-0.3, -0.25) is 4.79 Å². The molecule has 2 atom stereocenters. The molecule has 1 aliphatic rings. The molecule has 0 spiro atoms. The first-order valence-electron chi connectivity index (χ1n) is 8.07. The lowest BCUT2D eigenvalue weighted by Gasteiger charge is -2.37. The fourth-order valence-electron chi connectivity index (χ4n) is 3.47. The highest BCUT2D eigenvalue weighted by molar-refractivity contribution is 5.99. The van der Waals surface area contributed by atoms with E-state index in [4.69, 9.17) is 0 Å². The number of nitrogens with one attached hydrogen (secondary N) is 2. The van der Waals surface area contributed by atoms with Gasteiger partial charge < -0.3 is 15.2 Å². The van der Waals surface area contributed by atoms with Gasteiger partial charge in [0.25, 0.3) is 5.91 Å². The molecule has 0 aliphatic carbocycles. The zero-order valence-corrected chi connectivity index (χ0v) is 13.9. The molecule has 1 amide bonds. The van der Waals surface area contributed by atoms with E-state index < -0.39 is 0 Å². The Kier molecular flexibility index (Phi) is 3.96. The molecular formula is C18H25N3O. The van der Waals surface area contributed by atoms with Crippen molar-refractivity contribution in [2.24, 2.45) is 0 Å². The molecule has 4 heteroatoms. The van der Waals surface area contributed by atoms with E-state index in [1.807, 2.05) is 6.07 Å². The Morgan fingerprint density at radius 1 is 1.32 bits per heavy atom. The molecule has 2 heterocycles. The molecule has 1 aliphatic heterocycles. The lowest BCUT2D eigenvalue weighted by molar-refractivity contribution is 0.0864. The van der Waals surface area contributed by atoms with E-state index in [0.717, 1.165) is 30.3 Å². The van der Waals surface area contributed by atoms with E-state index >= 15 is 0 Å². The number of aromatic nitrogens is 1. The number of likely N-dealkylation sites (N-methyl/N-ethyl adjacent to an activating group) is 1. The number of carbonyl (C=O) groups excluding carboxylic acids is 1. The maximum atomic E-state index is 12.6. The maximum absolute atomic E-state index is 12.6. The highest BCUT2D eigenvalue weighted by atomic mass is 16.2. The molecular weight excluding hydrogens is 274 g/mol. The second kappa shape index (κ2) is 5.76. The third-order valence-electron chi connectivity index (χ3n) is 4.95. The lowest BCUT2D eigenvalue weighted by Crippen LogP contribution is -2.52. The number of fused-ring (bicyclic) bond motifs is 1. The molecule has 0 saturated carbocycles. The fraction of sp³-hybridized carbons (Fsp3) is 0.500. The summed E-state index contributed by atoms with van der Waals surface area (Å²) in [5.41, 5.74) is 4.11. The van der Waals surface area contributed by atoms with E-state index in [0.29, 0.717) is 11.7 Å². The number of piperidine rings is 1. The van der Waals surface area contributed by atoms with E-state index in [1.165, 1.54) is 11.1 Å². The Morgan fingerprint density at radius 3 is 2.86 bits per heavy atom. The van der Waals surface area contributed by atoms with Gasteiger partial charge in [0.2, 0.25) is 0 Å². The first kappa shape index (κ1) is 15.1. The average molecular weight is 299 g/mol. The monoisotopic (exact) mass is 299 g/mol. The van der Waals surface area contributed by atoms with Crippen LogP contribution in [0.5, 0.6) is 0 Å². The summed E-state index contributed by atoms with van der Waals surface area (Å²) in [4.78, 5) is 18.1. The first-order valence-corrected chi connectivity index (χ1v) is 8.07. The van der Waals surface area contributed by atoms with Crippen LogP contribution in [0.15, 0.2) is 18.2 Å². The van der Waals surface area contributed by atoms with Crippen molar-refractivity contribution in [2.45, 2.75) is 45.7 Å². The Hall–Kier alpha value is -1.81. The first-order chi connectivity index (χ1) is 10.5. The minimum absolute atomic E-state index is 0.000373. The van der Waals surface area contributed by atoms with Crippen LogP contribution in [-0.2, 0) is 0 Å². The standard InChI is InChI=1S/C18H25N3O/c1-11-8-12(2)14-10-17(19-16(14)9-11)18(22)20-15-6-5-7-21(4)13(15)3/h8-10,13,15,19H,5-7H2,1-4H3,(H,20,22). The van der Waals surface area contributed by atoms with E-state index in [1.54, 1.807) is 0 Å². The lowest BCUT2D eigenvalue weighted by atomic mass is 9.98. The summed E-state index contributed by atoms with van der Waals surface area (Å²) < 4.78 is 0. The molecule has 2 aromatic rings. The second-order valence-electron chi connectivity index (χ2n) is 6.67. The Morgan fingerprint density at radius 2 is 2.09 bits per heavy atom. The van der Waals surface area contributed by atoms with Gasteiger partial charge in [0.15, 0.2) is 0 Å². The third-order valence-corrected chi connectivity index (χ3v) is 4.95. The normalized spacial score (nSPS) is 22.9. The van der Waals surface area contributed by atoms with Gasteiger partial charge in [0.1, 0.15) is 5.69 Å². The molecule has 2 unspecified atom stereocenters.